The van der Waals surface area contributed by atoms with Crippen molar-refractivity contribution in [3.63, 3.8) is 0 Å². The number of ether oxygens (including phenoxy) is 2. The van der Waals surface area contributed by atoms with Crippen molar-refractivity contribution in [2.75, 3.05) is 0 Å². The SMILES string of the molecule is O=C(O)/C(=N\O)C(c1ccc(OCc2nc3ccccc3o2)cc1)c1ccc(OCc2nc3ccccc3o2)cc1. The molecular weight excluding hydrogens is 526 g/mol. The Morgan fingerprint density at radius 1 is 0.707 bits per heavy atom. The minimum absolute atomic E-state index is 0.126. The van der Waals surface area contributed by atoms with Crippen LogP contribution in [0.25, 0.3) is 22.2 Å². The average Bonchev–Trinajstić information content (AvgIpc) is 3.62. The predicted molar refractivity (Wildman–Crippen MR) is 148 cm³/mol. The Labute approximate surface area is 233 Å². The summed E-state index contributed by atoms with van der Waals surface area (Å²) in [5, 5.41) is 22.4. The third-order valence-electron chi connectivity index (χ3n) is 6.43. The maximum Gasteiger partial charge on any atom is 0.354 e. The molecule has 0 unspecified atom stereocenters. The van der Waals surface area contributed by atoms with E-state index in [1.165, 1.54) is 0 Å². The molecule has 0 fully saturated rings. The molecule has 41 heavy (non-hydrogen) atoms. The Hall–Kier alpha value is -5.64. The third kappa shape index (κ3) is 5.57. The van der Waals surface area contributed by atoms with E-state index in [0.717, 1.165) is 11.0 Å². The van der Waals surface area contributed by atoms with Gasteiger partial charge in [0, 0.05) is 0 Å². The fourth-order valence-electron chi connectivity index (χ4n) is 4.50. The first kappa shape index (κ1) is 25.6. The first-order valence-electron chi connectivity index (χ1n) is 12.7. The van der Waals surface area contributed by atoms with Crippen LogP contribution in [0.2, 0.25) is 0 Å². The number of hydrogen-bond donors (Lipinski definition) is 2. The zero-order valence-electron chi connectivity index (χ0n) is 21.5. The second-order valence-corrected chi connectivity index (χ2v) is 9.09. The first-order valence-corrected chi connectivity index (χ1v) is 12.7. The maximum absolute atomic E-state index is 11.9. The second-order valence-electron chi connectivity index (χ2n) is 9.09. The summed E-state index contributed by atoms with van der Waals surface area (Å²) < 4.78 is 23.0. The van der Waals surface area contributed by atoms with E-state index in [9.17, 15) is 15.1 Å². The molecule has 2 heterocycles. The van der Waals surface area contributed by atoms with Gasteiger partial charge in [-0.1, -0.05) is 53.7 Å². The lowest BCUT2D eigenvalue weighted by Gasteiger charge is -2.18. The van der Waals surface area contributed by atoms with Crippen molar-refractivity contribution in [2.45, 2.75) is 19.1 Å². The molecule has 0 atom stereocenters. The van der Waals surface area contributed by atoms with Crippen LogP contribution in [-0.2, 0) is 18.0 Å². The number of nitrogens with zero attached hydrogens (tertiary/aromatic N) is 3. The number of benzene rings is 4. The van der Waals surface area contributed by atoms with Crippen molar-refractivity contribution in [3.8, 4) is 11.5 Å². The summed E-state index contributed by atoms with van der Waals surface area (Å²) >= 11 is 0. The predicted octanol–water partition coefficient (Wildman–Crippen LogP) is 6.17. The molecule has 0 saturated heterocycles. The third-order valence-corrected chi connectivity index (χ3v) is 6.43. The van der Waals surface area contributed by atoms with Gasteiger partial charge >= 0.3 is 5.97 Å². The van der Waals surface area contributed by atoms with Gasteiger partial charge in [-0.15, -0.1) is 0 Å². The molecule has 6 aromatic rings. The van der Waals surface area contributed by atoms with Gasteiger partial charge in [-0.2, -0.15) is 0 Å². The maximum atomic E-state index is 11.9. The van der Waals surface area contributed by atoms with Gasteiger partial charge in [-0.05, 0) is 59.7 Å². The van der Waals surface area contributed by atoms with Crippen molar-refractivity contribution in [1.82, 2.24) is 9.97 Å². The highest BCUT2D eigenvalue weighted by Crippen LogP contribution is 2.30. The van der Waals surface area contributed by atoms with Gasteiger partial charge in [0.25, 0.3) is 0 Å². The van der Waals surface area contributed by atoms with Crippen LogP contribution in [-0.4, -0.2) is 32.0 Å². The number of oxime groups is 1. The van der Waals surface area contributed by atoms with Crippen molar-refractivity contribution < 1.29 is 33.4 Å². The van der Waals surface area contributed by atoms with Crippen LogP contribution in [0.15, 0.2) is 111 Å². The number of fused-ring (bicyclic) bond motifs is 2. The van der Waals surface area contributed by atoms with E-state index < -0.39 is 17.6 Å². The number of carboxylic acid groups (broad SMARTS) is 1. The Balaban J connectivity index is 1.17. The van der Waals surface area contributed by atoms with Crippen LogP contribution in [0.5, 0.6) is 11.5 Å². The highest BCUT2D eigenvalue weighted by molar-refractivity contribution is 6.38. The number of carboxylic acids is 1. The van der Waals surface area contributed by atoms with E-state index in [1.54, 1.807) is 48.5 Å². The molecule has 6 rings (SSSR count). The van der Waals surface area contributed by atoms with E-state index in [0.29, 0.717) is 45.6 Å². The van der Waals surface area contributed by atoms with Crippen LogP contribution in [0.1, 0.15) is 28.8 Å². The van der Waals surface area contributed by atoms with Crippen molar-refractivity contribution in [3.05, 3.63) is 120 Å². The molecule has 2 N–H and O–H groups in total. The molecule has 204 valence electrons. The van der Waals surface area contributed by atoms with Gasteiger partial charge in [-0.3, -0.25) is 0 Å². The van der Waals surface area contributed by atoms with Crippen molar-refractivity contribution in [2.24, 2.45) is 5.16 Å². The van der Waals surface area contributed by atoms with Gasteiger partial charge in [-0.25, -0.2) is 14.8 Å². The number of para-hydroxylation sites is 4. The molecular formula is C31H23N3O7. The van der Waals surface area contributed by atoms with Crippen LogP contribution in [0, 0.1) is 0 Å². The van der Waals surface area contributed by atoms with E-state index in [2.05, 4.69) is 15.1 Å². The summed E-state index contributed by atoms with van der Waals surface area (Å²) in [5.41, 5.74) is 3.61. The van der Waals surface area contributed by atoms with Crippen molar-refractivity contribution in [1.29, 1.82) is 0 Å². The van der Waals surface area contributed by atoms with E-state index in [4.69, 9.17) is 18.3 Å². The highest BCUT2D eigenvalue weighted by Gasteiger charge is 2.27. The Morgan fingerprint density at radius 3 is 1.54 bits per heavy atom. The number of aliphatic carboxylic acids is 1. The summed E-state index contributed by atoms with van der Waals surface area (Å²) in [6.07, 6.45) is 0. The molecule has 4 aromatic carbocycles. The minimum atomic E-state index is -1.34. The number of oxazole rings is 2. The molecule has 0 radical (unpaired) electrons. The second kappa shape index (κ2) is 11.2. The topological polar surface area (TPSA) is 140 Å². The summed E-state index contributed by atoms with van der Waals surface area (Å²) in [4.78, 5) is 20.7. The Morgan fingerprint density at radius 2 is 1.15 bits per heavy atom. The highest BCUT2D eigenvalue weighted by atomic mass is 16.5. The van der Waals surface area contributed by atoms with Crippen LogP contribution in [0.3, 0.4) is 0 Å². The lowest BCUT2D eigenvalue weighted by Crippen LogP contribution is -2.23. The van der Waals surface area contributed by atoms with Gasteiger partial charge in [0.15, 0.2) is 30.1 Å². The molecule has 0 spiro atoms. The van der Waals surface area contributed by atoms with E-state index in [-0.39, 0.29) is 13.2 Å². The molecule has 0 amide bonds. The van der Waals surface area contributed by atoms with Gasteiger partial charge in [0.2, 0.25) is 11.8 Å². The molecule has 10 heteroatoms. The molecule has 0 bridgehead atoms. The summed E-state index contributed by atoms with van der Waals surface area (Å²) in [5.74, 6) is -0.245. The zero-order valence-corrected chi connectivity index (χ0v) is 21.5. The van der Waals surface area contributed by atoms with Gasteiger partial charge in [0.1, 0.15) is 22.5 Å². The van der Waals surface area contributed by atoms with Gasteiger partial charge < -0.3 is 28.6 Å². The van der Waals surface area contributed by atoms with Crippen molar-refractivity contribution >= 4 is 33.9 Å². The summed E-state index contributed by atoms with van der Waals surface area (Å²) in [6, 6.07) is 28.6. The number of rotatable bonds is 10. The number of aromatic nitrogens is 2. The Kier molecular flexibility index (Phi) is 7.02. The lowest BCUT2D eigenvalue weighted by molar-refractivity contribution is -0.129. The molecule has 10 nitrogen and oxygen atoms in total. The quantitative estimate of drug-likeness (QED) is 0.116. The fraction of sp³-hybridized carbons (Fsp3) is 0.0968. The molecule has 0 aliphatic rings. The van der Waals surface area contributed by atoms with Crippen LogP contribution in [0.4, 0.5) is 0 Å². The Bertz CT molecular complexity index is 1650. The summed E-state index contributed by atoms with van der Waals surface area (Å²) in [6.45, 7) is 0.252. The normalized spacial score (nSPS) is 11.8. The molecule has 0 saturated carbocycles. The van der Waals surface area contributed by atoms with Crippen LogP contribution < -0.4 is 9.47 Å². The summed E-state index contributed by atoms with van der Waals surface area (Å²) in [7, 11) is 0. The average molecular weight is 550 g/mol. The first-order chi connectivity index (χ1) is 20.1. The largest absolute Gasteiger partial charge is 0.484 e. The van der Waals surface area contributed by atoms with Gasteiger partial charge in [0.05, 0.1) is 5.92 Å². The lowest BCUT2D eigenvalue weighted by atomic mass is 9.87. The minimum Gasteiger partial charge on any atom is -0.484 e. The number of carbonyl (C=O) groups is 1. The fourth-order valence-corrected chi connectivity index (χ4v) is 4.50. The standard InChI is InChI=1S/C31H23N3O7/c35-31(36)30(34-37)29(19-9-13-21(14-10-19)38-17-27-32-23-5-1-3-7-25(23)40-27)20-11-15-22(16-12-20)39-18-28-33-24-6-2-4-8-26(24)41-28/h1-16,29,37H,17-18H2,(H,35,36)/b34-30-. The van der Waals surface area contributed by atoms with Crippen LogP contribution >= 0.6 is 0 Å². The monoisotopic (exact) mass is 549 g/mol. The molecule has 0 aliphatic carbocycles. The van der Waals surface area contributed by atoms with E-state index in [1.807, 2.05) is 48.5 Å². The molecule has 2 aromatic heterocycles. The zero-order chi connectivity index (χ0) is 28.2. The molecule has 0 aliphatic heterocycles. The van der Waals surface area contributed by atoms with E-state index >= 15 is 0 Å². The smallest absolute Gasteiger partial charge is 0.354 e. The number of hydrogen-bond acceptors (Lipinski definition) is 9.